The third-order valence-electron chi connectivity index (χ3n) is 3.54. The van der Waals surface area contributed by atoms with Crippen LogP contribution >= 0.6 is 0 Å². The fourth-order valence-corrected chi connectivity index (χ4v) is 2.55. The van der Waals surface area contributed by atoms with Gasteiger partial charge in [-0.25, -0.2) is 4.79 Å². The van der Waals surface area contributed by atoms with E-state index >= 15 is 0 Å². The molecule has 0 saturated carbocycles. The quantitative estimate of drug-likeness (QED) is 0.843. The molecule has 1 aromatic heterocycles. The summed E-state index contributed by atoms with van der Waals surface area (Å²) in [5, 5.41) is 9.48. The van der Waals surface area contributed by atoms with E-state index in [0.717, 1.165) is 29.8 Å². The first-order chi connectivity index (χ1) is 10.8. The van der Waals surface area contributed by atoms with E-state index in [0.29, 0.717) is 5.69 Å². The number of hydrogen-bond acceptors (Lipinski definition) is 3. The van der Waals surface area contributed by atoms with Crippen LogP contribution in [0.4, 0.5) is 16.2 Å². The van der Waals surface area contributed by atoms with Gasteiger partial charge in [-0.15, -0.1) is 0 Å². The molecule has 0 bridgehead atoms. The summed E-state index contributed by atoms with van der Waals surface area (Å²) >= 11 is 0. The molecule has 0 aliphatic heterocycles. The van der Waals surface area contributed by atoms with E-state index in [2.05, 4.69) is 4.98 Å². The molecule has 0 saturated heterocycles. The Hall–Kier alpha value is -2.56. The molecule has 0 unspecified atom stereocenters. The second-order valence-electron chi connectivity index (χ2n) is 6.54. The van der Waals surface area contributed by atoms with Gasteiger partial charge in [0.05, 0.1) is 5.69 Å². The Balaban J connectivity index is 2.17. The number of benzene rings is 1. The molecule has 3 N–H and O–H groups in total. The summed E-state index contributed by atoms with van der Waals surface area (Å²) in [7, 11) is 0. The number of pyridine rings is 1. The molecule has 122 valence electrons. The summed E-state index contributed by atoms with van der Waals surface area (Å²) in [6, 6.07) is 11.3. The van der Waals surface area contributed by atoms with E-state index < -0.39 is 11.6 Å². The summed E-state index contributed by atoms with van der Waals surface area (Å²) in [6.07, 6.45) is 2.23. The van der Waals surface area contributed by atoms with Gasteiger partial charge < -0.3 is 10.8 Å². The standard InChI is InChI=1S/C18H23N3O2/c1-18(2,3)21(17(22)23)16-9-10-20-15(12-16)8-7-13-5-4-6-14(19)11-13/h4-6,9-12H,7-8,19H2,1-3H3,(H,22,23). The monoisotopic (exact) mass is 313 g/mol. The van der Waals surface area contributed by atoms with Crippen molar-refractivity contribution >= 4 is 17.5 Å². The molecule has 5 heteroatoms. The van der Waals surface area contributed by atoms with Crippen LogP contribution in [0.25, 0.3) is 0 Å². The summed E-state index contributed by atoms with van der Waals surface area (Å²) in [5.41, 5.74) is 8.66. The van der Waals surface area contributed by atoms with Crippen molar-refractivity contribution in [1.29, 1.82) is 0 Å². The first kappa shape index (κ1) is 16.8. The van der Waals surface area contributed by atoms with Crippen LogP contribution < -0.4 is 10.6 Å². The van der Waals surface area contributed by atoms with Crippen LogP contribution in [0.1, 0.15) is 32.0 Å². The molecular formula is C18H23N3O2. The number of carbonyl (C=O) groups is 1. The first-order valence-corrected chi connectivity index (χ1v) is 7.60. The topological polar surface area (TPSA) is 79.5 Å². The molecular weight excluding hydrogens is 290 g/mol. The van der Waals surface area contributed by atoms with E-state index in [1.165, 1.54) is 4.90 Å². The number of carboxylic acid groups (broad SMARTS) is 1. The Bertz CT molecular complexity index is 693. The third kappa shape index (κ3) is 4.45. The van der Waals surface area contributed by atoms with Gasteiger partial charge in [0.25, 0.3) is 0 Å². The molecule has 0 spiro atoms. The number of nitrogen functional groups attached to an aromatic ring is 1. The molecule has 1 aromatic carbocycles. The van der Waals surface area contributed by atoms with E-state index in [-0.39, 0.29) is 0 Å². The largest absolute Gasteiger partial charge is 0.465 e. The van der Waals surface area contributed by atoms with E-state index in [1.54, 1.807) is 12.3 Å². The lowest BCUT2D eigenvalue weighted by molar-refractivity contribution is 0.195. The minimum atomic E-state index is -0.967. The van der Waals surface area contributed by atoms with Crippen molar-refractivity contribution in [3.05, 3.63) is 53.9 Å². The fraction of sp³-hybridized carbons (Fsp3) is 0.333. The summed E-state index contributed by atoms with van der Waals surface area (Å²) < 4.78 is 0. The summed E-state index contributed by atoms with van der Waals surface area (Å²) in [6.45, 7) is 5.61. The SMILES string of the molecule is CC(C)(C)N(C(=O)O)c1ccnc(CCc2cccc(N)c2)c1. The molecule has 0 aliphatic rings. The van der Waals surface area contributed by atoms with Crippen LogP contribution in [0.3, 0.4) is 0 Å². The zero-order valence-electron chi connectivity index (χ0n) is 13.8. The van der Waals surface area contributed by atoms with Crippen molar-refractivity contribution in [2.45, 2.75) is 39.2 Å². The predicted molar refractivity (Wildman–Crippen MR) is 92.8 cm³/mol. The second kappa shape index (κ2) is 6.69. The number of amides is 1. The predicted octanol–water partition coefficient (Wildman–Crippen LogP) is 3.73. The lowest BCUT2D eigenvalue weighted by Gasteiger charge is -2.33. The zero-order chi connectivity index (χ0) is 17.0. The molecule has 0 atom stereocenters. The number of nitrogens with two attached hydrogens (primary N) is 1. The lowest BCUT2D eigenvalue weighted by atomic mass is 10.0. The second-order valence-corrected chi connectivity index (χ2v) is 6.54. The van der Waals surface area contributed by atoms with Crippen molar-refractivity contribution in [2.24, 2.45) is 0 Å². The van der Waals surface area contributed by atoms with E-state index in [1.807, 2.05) is 51.1 Å². The van der Waals surface area contributed by atoms with Gasteiger partial charge in [-0.2, -0.15) is 0 Å². The van der Waals surface area contributed by atoms with Crippen molar-refractivity contribution in [2.75, 3.05) is 10.6 Å². The van der Waals surface area contributed by atoms with Gasteiger partial charge in [0.2, 0.25) is 0 Å². The normalized spacial score (nSPS) is 11.3. The van der Waals surface area contributed by atoms with Crippen LogP contribution in [0.5, 0.6) is 0 Å². The smallest absolute Gasteiger partial charge is 0.412 e. The fourth-order valence-electron chi connectivity index (χ4n) is 2.55. The molecule has 0 radical (unpaired) electrons. The minimum absolute atomic E-state index is 0.516. The van der Waals surface area contributed by atoms with Crippen molar-refractivity contribution in [1.82, 2.24) is 4.98 Å². The van der Waals surface area contributed by atoms with Gasteiger partial charge >= 0.3 is 6.09 Å². The van der Waals surface area contributed by atoms with Gasteiger partial charge in [0.1, 0.15) is 0 Å². The number of anilines is 2. The van der Waals surface area contributed by atoms with Gasteiger partial charge in [-0.1, -0.05) is 12.1 Å². The number of hydrogen-bond donors (Lipinski definition) is 2. The van der Waals surface area contributed by atoms with Crippen LogP contribution in [0, 0.1) is 0 Å². The molecule has 1 amide bonds. The molecule has 2 rings (SSSR count). The van der Waals surface area contributed by atoms with Gasteiger partial charge in [-0.05, 0) is 63.4 Å². The van der Waals surface area contributed by atoms with Gasteiger partial charge in [0.15, 0.2) is 0 Å². The maximum Gasteiger partial charge on any atom is 0.412 e. The highest BCUT2D eigenvalue weighted by molar-refractivity contribution is 5.87. The molecule has 0 aliphatic carbocycles. The summed E-state index contributed by atoms with van der Waals surface area (Å²) in [4.78, 5) is 17.3. The third-order valence-corrected chi connectivity index (χ3v) is 3.54. The van der Waals surface area contributed by atoms with Crippen molar-refractivity contribution in [3.8, 4) is 0 Å². The van der Waals surface area contributed by atoms with Crippen LogP contribution in [-0.4, -0.2) is 21.7 Å². The van der Waals surface area contributed by atoms with Gasteiger partial charge in [-0.3, -0.25) is 9.88 Å². The van der Waals surface area contributed by atoms with E-state index in [9.17, 15) is 9.90 Å². The minimum Gasteiger partial charge on any atom is -0.465 e. The van der Waals surface area contributed by atoms with Crippen LogP contribution in [0.15, 0.2) is 42.6 Å². The highest BCUT2D eigenvalue weighted by Crippen LogP contribution is 2.24. The number of aryl methyl sites for hydroxylation is 2. The summed E-state index contributed by atoms with van der Waals surface area (Å²) in [5.74, 6) is 0. The number of aromatic nitrogens is 1. The number of nitrogens with zero attached hydrogens (tertiary/aromatic N) is 2. The highest BCUT2D eigenvalue weighted by Gasteiger charge is 2.27. The Morgan fingerprint density at radius 1 is 1.22 bits per heavy atom. The maximum absolute atomic E-state index is 11.6. The molecule has 1 heterocycles. The first-order valence-electron chi connectivity index (χ1n) is 7.60. The maximum atomic E-state index is 11.6. The molecule has 23 heavy (non-hydrogen) atoms. The van der Waals surface area contributed by atoms with Gasteiger partial charge in [0, 0.05) is 23.1 Å². The molecule has 5 nitrogen and oxygen atoms in total. The van der Waals surface area contributed by atoms with E-state index in [4.69, 9.17) is 5.73 Å². The van der Waals surface area contributed by atoms with Crippen molar-refractivity contribution < 1.29 is 9.90 Å². The zero-order valence-corrected chi connectivity index (χ0v) is 13.8. The Kier molecular flexibility index (Phi) is 4.89. The molecule has 0 fully saturated rings. The van der Waals surface area contributed by atoms with Crippen LogP contribution in [-0.2, 0) is 12.8 Å². The average molecular weight is 313 g/mol. The van der Waals surface area contributed by atoms with Crippen molar-refractivity contribution in [3.63, 3.8) is 0 Å². The number of rotatable bonds is 4. The Morgan fingerprint density at radius 3 is 2.57 bits per heavy atom. The Morgan fingerprint density at radius 2 is 1.96 bits per heavy atom. The lowest BCUT2D eigenvalue weighted by Crippen LogP contribution is -2.45. The van der Waals surface area contributed by atoms with Crippen LogP contribution in [0.2, 0.25) is 0 Å². The average Bonchev–Trinajstić information content (AvgIpc) is 2.44. The Labute approximate surface area is 136 Å². The highest BCUT2D eigenvalue weighted by atomic mass is 16.4. The molecule has 2 aromatic rings.